The molecule has 0 radical (unpaired) electrons. The van der Waals surface area contributed by atoms with Crippen LogP contribution in [0.15, 0.2) is 76.8 Å². The number of carbonyl (C=O) groups excluding carboxylic acids is 2. The quantitative estimate of drug-likeness (QED) is 0.667. The summed E-state index contributed by atoms with van der Waals surface area (Å²) in [7, 11) is 0. The topological polar surface area (TPSA) is 62.3 Å². The van der Waals surface area contributed by atoms with E-state index in [0.29, 0.717) is 22.0 Å². The number of fused-ring (bicyclic) bond motifs is 2. The molecule has 2 heterocycles. The van der Waals surface area contributed by atoms with E-state index in [4.69, 9.17) is 11.6 Å². The van der Waals surface area contributed by atoms with Gasteiger partial charge in [-0.2, -0.15) is 0 Å². The lowest BCUT2D eigenvalue weighted by molar-refractivity contribution is -0.116. The van der Waals surface area contributed by atoms with E-state index in [1.54, 1.807) is 47.5 Å². The molecule has 140 valence electrons. The van der Waals surface area contributed by atoms with E-state index in [-0.39, 0.29) is 24.8 Å². The second kappa shape index (κ2) is 8.04. The second-order valence-electron chi connectivity index (χ2n) is 6.19. The standard InChI is InChI=1S/C21H16ClN3O2S/c22-14-7-9-15(10-8-14)24-19(26)11-13-25-17-5-3-12-23-20(17)28-18-6-2-1-4-16(18)21(25)27/h1-10,12H,11,13H2,(H,24,26). The molecule has 0 saturated heterocycles. The van der Waals surface area contributed by atoms with Gasteiger partial charge in [-0.15, -0.1) is 0 Å². The van der Waals surface area contributed by atoms with Crippen molar-refractivity contribution in [2.75, 3.05) is 16.8 Å². The normalized spacial score (nSPS) is 12.8. The molecule has 0 unspecified atom stereocenters. The zero-order valence-corrected chi connectivity index (χ0v) is 16.3. The van der Waals surface area contributed by atoms with Crippen molar-refractivity contribution in [3.05, 3.63) is 77.4 Å². The highest BCUT2D eigenvalue weighted by Gasteiger charge is 2.28. The number of anilines is 2. The van der Waals surface area contributed by atoms with Gasteiger partial charge in [0.05, 0.1) is 11.3 Å². The van der Waals surface area contributed by atoms with Gasteiger partial charge in [0, 0.05) is 34.8 Å². The molecule has 0 fully saturated rings. The van der Waals surface area contributed by atoms with Gasteiger partial charge in [0.2, 0.25) is 5.91 Å². The number of nitrogens with one attached hydrogen (secondary N) is 1. The molecule has 1 N–H and O–H groups in total. The Kier molecular flexibility index (Phi) is 5.32. The molecule has 1 aliphatic rings. The van der Waals surface area contributed by atoms with Crippen LogP contribution in [0.5, 0.6) is 0 Å². The second-order valence-corrected chi connectivity index (χ2v) is 7.65. The largest absolute Gasteiger partial charge is 0.326 e. The van der Waals surface area contributed by atoms with E-state index in [0.717, 1.165) is 9.92 Å². The van der Waals surface area contributed by atoms with Crippen molar-refractivity contribution in [3.8, 4) is 0 Å². The Morgan fingerprint density at radius 3 is 2.68 bits per heavy atom. The first-order valence-corrected chi connectivity index (χ1v) is 9.90. The summed E-state index contributed by atoms with van der Waals surface area (Å²) in [5, 5.41) is 4.18. The number of pyridine rings is 1. The highest BCUT2D eigenvalue weighted by Crippen LogP contribution is 2.39. The Hall–Kier alpha value is -2.83. The van der Waals surface area contributed by atoms with Crippen LogP contribution < -0.4 is 10.2 Å². The van der Waals surface area contributed by atoms with E-state index in [9.17, 15) is 9.59 Å². The summed E-state index contributed by atoms with van der Waals surface area (Å²) in [5.41, 5.74) is 2.00. The SMILES string of the molecule is O=C(CCN1C(=O)c2ccccc2Sc2ncccc21)Nc1ccc(Cl)cc1. The third kappa shape index (κ3) is 3.88. The van der Waals surface area contributed by atoms with Crippen LogP contribution in [-0.4, -0.2) is 23.3 Å². The smallest absolute Gasteiger partial charge is 0.259 e. The first-order valence-electron chi connectivity index (χ1n) is 8.71. The first-order chi connectivity index (χ1) is 13.6. The van der Waals surface area contributed by atoms with Gasteiger partial charge in [0.1, 0.15) is 5.03 Å². The predicted molar refractivity (Wildman–Crippen MR) is 111 cm³/mol. The Balaban J connectivity index is 1.55. The van der Waals surface area contributed by atoms with E-state index in [1.165, 1.54) is 11.8 Å². The molecule has 1 aromatic heterocycles. The highest BCUT2D eigenvalue weighted by molar-refractivity contribution is 7.99. The molecule has 1 aliphatic heterocycles. The molecular weight excluding hydrogens is 394 g/mol. The molecule has 2 amide bonds. The van der Waals surface area contributed by atoms with E-state index < -0.39 is 0 Å². The minimum absolute atomic E-state index is 0.130. The Morgan fingerprint density at radius 1 is 1.07 bits per heavy atom. The van der Waals surface area contributed by atoms with Crippen LogP contribution in [-0.2, 0) is 4.79 Å². The molecule has 0 aliphatic carbocycles. The lowest BCUT2D eigenvalue weighted by Gasteiger charge is -2.22. The fourth-order valence-corrected chi connectivity index (χ4v) is 4.09. The molecule has 28 heavy (non-hydrogen) atoms. The number of aromatic nitrogens is 1. The number of halogens is 1. The first kappa shape index (κ1) is 18.5. The average Bonchev–Trinajstić information content (AvgIpc) is 2.82. The molecule has 7 heteroatoms. The number of rotatable bonds is 4. The van der Waals surface area contributed by atoms with Crippen LogP contribution in [0.3, 0.4) is 0 Å². The van der Waals surface area contributed by atoms with Crippen molar-refractivity contribution < 1.29 is 9.59 Å². The molecule has 0 atom stereocenters. The van der Waals surface area contributed by atoms with Crippen LogP contribution >= 0.6 is 23.4 Å². The maximum Gasteiger partial charge on any atom is 0.259 e. The van der Waals surface area contributed by atoms with Crippen LogP contribution in [0.25, 0.3) is 0 Å². The van der Waals surface area contributed by atoms with Gasteiger partial charge >= 0.3 is 0 Å². The van der Waals surface area contributed by atoms with Gasteiger partial charge in [0.25, 0.3) is 5.91 Å². The number of carbonyl (C=O) groups is 2. The molecule has 2 aromatic carbocycles. The molecular formula is C21H16ClN3O2S. The third-order valence-electron chi connectivity index (χ3n) is 4.30. The monoisotopic (exact) mass is 409 g/mol. The summed E-state index contributed by atoms with van der Waals surface area (Å²) >= 11 is 7.33. The highest BCUT2D eigenvalue weighted by atomic mass is 35.5. The average molecular weight is 410 g/mol. The van der Waals surface area contributed by atoms with E-state index in [2.05, 4.69) is 10.3 Å². The molecule has 4 rings (SSSR count). The van der Waals surface area contributed by atoms with Gasteiger partial charge in [-0.05, 0) is 48.5 Å². The number of amides is 2. The summed E-state index contributed by atoms with van der Waals surface area (Å²) in [5.74, 6) is -0.306. The van der Waals surface area contributed by atoms with Crippen molar-refractivity contribution >= 4 is 46.6 Å². The number of benzene rings is 2. The van der Waals surface area contributed by atoms with E-state index in [1.807, 2.05) is 24.3 Å². The Labute approximate surface area is 171 Å². The number of hydrogen-bond acceptors (Lipinski definition) is 4. The maximum atomic E-state index is 13.1. The van der Waals surface area contributed by atoms with E-state index >= 15 is 0 Å². The van der Waals surface area contributed by atoms with Crippen molar-refractivity contribution in [2.24, 2.45) is 0 Å². The molecule has 0 spiro atoms. The summed E-state index contributed by atoms with van der Waals surface area (Å²) in [6, 6.07) is 18.0. The van der Waals surface area contributed by atoms with Gasteiger partial charge in [-0.1, -0.05) is 35.5 Å². The summed E-state index contributed by atoms with van der Waals surface area (Å²) in [6.45, 7) is 0.256. The van der Waals surface area contributed by atoms with Gasteiger partial charge < -0.3 is 10.2 Å². The minimum Gasteiger partial charge on any atom is -0.326 e. The van der Waals surface area contributed by atoms with Crippen LogP contribution in [0, 0.1) is 0 Å². The van der Waals surface area contributed by atoms with Crippen LogP contribution in [0.2, 0.25) is 5.02 Å². The zero-order valence-electron chi connectivity index (χ0n) is 14.8. The summed E-state index contributed by atoms with van der Waals surface area (Å²) in [4.78, 5) is 32.4. The lowest BCUT2D eigenvalue weighted by atomic mass is 10.1. The van der Waals surface area contributed by atoms with Gasteiger partial charge in [-0.3, -0.25) is 9.59 Å². The fourth-order valence-electron chi connectivity index (χ4n) is 2.95. The molecule has 5 nitrogen and oxygen atoms in total. The zero-order chi connectivity index (χ0) is 19.5. The Morgan fingerprint density at radius 2 is 1.86 bits per heavy atom. The van der Waals surface area contributed by atoms with Crippen LogP contribution in [0.1, 0.15) is 16.8 Å². The predicted octanol–water partition coefficient (Wildman–Crippen LogP) is 4.88. The van der Waals surface area contributed by atoms with Crippen molar-refractivity contribution in [3.63, 3.8) is 0 Å². The maximum absolute atomic E-state index is 13.1. The molecule has 3 aromatic rings. The third-order valence-corrected chi connectivity index (χ3v) is 5.64. The Bertz CT molecular complexity index is 1040. The summed E-state index contributed by atoms with van der Waals surface area (Å²) < 4.78 is 0. The number of nitrogens with zero attached hydrogens (tertiary/aromatic N) is 2. The van der Waals surface area contributed by atoms with Crippen molar-refractivity contribution in [2.45, 2.75) is 16.3 Å². The lowest BCUT2D eigenvalue weighted by Crippen LogP contribution is -2.34. The minimum atomic E-state index is -0.175. The van der Waals surface area contributed by atoms with Crippen molar-refractivity contribution in [1.82, 2.24) is 4.98 Å². The fraction of sp³-hybridized carbons (Fsp3) is 0.0952. The van der Waals surface area contributed by atoms with Gasteiger partial charge in [0.15, 0.2) is 0 Å². The van der Waals surface area contributed by atoms with Crippen molar-refractivity contribution in [1.29, 1.82) is 0 Å². The number of hydrogen-bond donors (Lipinski definition) is 1. The van der Waals surface area contributed by atoms with Gasteiger partial charge in [-0.25, -0.2) is 4.98 Å². The molecule has 0 saturated carbocycles. The van der Waals surface area contributed by atoms with Crippen LogP contribution in [0.4, 0.5) is 11.4 Å². The summed E-state index contributed by atoms with van der Waals surface area (Å²) in [6.07, 6.45) is 1.87. The molecule has 0 bridgehead atoms.